The number of phenols is 1. The highest BCUT2D eigenvalue weighted by atomic mass is 16.5. The summed E-state index contributed by atoms with van der Waals surface area (Å²) in [6.07, 6.45) is 6.16. The van der Waals surface area contributed by atoms with Crippen molar-refractivity contribution in [1.82, 2.24) is 20.4 Å². The highest BCUT2D eigenvalue weighted by molar-refractivity contribution is 5.77. The number of aliphatic hydroxyl groups excluding tert-OH is 1. The predicted octanol–water partition coefficient (Wildman–Crippen LogP) is 2.30. The minimum Gasteiger partial charge on any atom is -0.504 e. The van der Waals surface area contributed by atoms with Crippen LogP contribution >= 0.6 is 0 Å². The Bertz CT molecular complexity index is 1410. The molecule has 0 aromatic heterocycles. The van der Waals surface area contributed by atoms with Gasteiger partial charge in [-0.15, -0.1) is 5.92 Å². The first-order valence-electron chi connectivity index (χ1n) is 18.7. The zero-order chi connectivity index (χ0) is 34.0. The number of ether oxygens (including phenoxy) is 2. The second-order valence-electron chi connectivity index (χ2n) is 15.9. The summed E-state index contributed by atoms with van der Waals surface area (Å²) in [5.74, 6) is 9.73. The first kappa shape index (κ1) is 34.4. The van der Waals surface area contributed by atoms with Crippen LogP contribution in [0.15, 0.2) is 23.2 Å². The summed E-state index contributed by atoms with van der Waals surface area (Å²) < 4.78 is 12.2. The van der Waals surface area contributed by atoms with Crippen molar-refractivity contribution in [1.29, 1.82) is 0 Å². The molecular formula is C38H56N6O5. The molecule has 11 nitrogen and oxygen atoms in total. The molecule has 7 aliphatic rings. The molecule has 10 atom stereocenters. The lowest BCUT2D eigenvalue weighted by molar-refractivity contribution is -0.151. The fourth-order valence-electron chi connectivity index (χ4n) is 9.84. The number of carbonyl (C=O) groups is 1. The van der Waals surface area contributed by atoms with E-state index in [9.17, 15) is 15.0 Å². The Morgan fingerprint density at radius 1 is 1.08 bits per heavy atom. The SMILES string of the molecule is CC(=O)O[C@H]1C[C@@H](O)[C@@H]2CC[C@@H]3CN4C[C@@H]5C[C@@H](CN(CN=C(N)NC[C@@]3(C#CC[C@@H]1Cc1ccc(O)c(OC3CCNCC3)c1)C2)C5)C4. The Hall–Kier alpha value is -3.04. The highest BCUT2D eigenvalue weighted by Gasteiger charge is 2.47. The van der Waals surface area contributed by atoms with Crippen LogP contribution in [0.3, 0.4) is 0 Å². The van der Waals surface area contributed by atoms with Gasteiger partial charge in [-0.25, -0.2) is 4.99 Å². The molecule has 5 aliphatic heterocycles. The lowest BCUT2D eigenvalue weighted by atomic mass is 9.60. The molecule has 1 aromatic carbocycles. The molecule has 268 valence electrons. The summed E-state index contributed by atoms with van der Waals surface area (Å²) in [7, 11) is 0. The topological polar surface area (TPSA) is 145 Å². The molecule has 1 aromatic rings. The normalized spacial score (nSPS) is 38.2. The van der Waals surface area contributed by atoms with Crippen molar-refractivity contribution in [3.63, 3.8) is 0 Å². The van der Waals surface area contributed by atoms with Gasteiger partial charge in [-0.05, 0) is 99.4 Å². The molecule has 6 bridgehead atoms. The number of nitrogens with one attached hydrogen (secondary N) is 2. The number of hydrogen-bond acceptors (Lipinski definition) is 11. The molecule has 1 saturated carbocycles. The van der Waals surface area contributed by atoms with Gasteiger partial charge in [-0.3, -0.25) is 9.69 Å². The van der Waals surface area contributed by atoms with Gasteiger partial charge < -0.3 is 41.0 Å². The van der Waals surface area contributed by atoms with E-state index in [0.717, 1.165) is 83.5 Å². The number of esters is 1. The molecule has 2 aliphatic carbocycles. The number of phenolic OH excluding ortho intramolecular Hbond substituents is 1. The summed E-state index contributed by atoms with van der Waals surface area (Å²) in [6, 6.07) is 5.52. The van der Waals surface area contributed by atoms with E-state index in [1.54, 1.807) is 6.07 Å². The smallest absolute Gasteiger partial charge is 0.302 e. The number of carbonyl (C=O) groups excluding carboxylic acids is 1. The molecule has 6 N–H and O–H groups in total. The standard InChI is InChI=1S/C38H56N6O5/c1-25(45)48-35-16-34(47)30-5-6-31-22-43-18-27-13-28(19-43)21-44(20-27)24-42-37(39)41-23-38(31,17-30)10-2-3-29(35)14-26-4-7-33(46)36(15-26)49-32-8-11-40-12-9-32/h4,7,15,27-32,34-35,40,46-47H,3,5-6,8-9,11-14,16-24H2,1H3,(H3,39,41,42)/t27-,28+,29-,30-,31-,34-,35+,38-/m1/s1. The van der Waals surface area contributed by atoms with E-state index < -0.39 is 12.2 Å². The summed E-state index contributed by atoms with van der Waals surface area (Å²) in [4.78, 5) is 22.3. The second kappa shape index (κ2) is 15.1. The maximum Gasteiger partial charge on any atom is 0.302 e. The first-order valence-corrected chi connectivity index (χ1v) is 18.7. The van der Waals surface area contributed by atoms with E-state index in [2.05, 4.69) is 32.3 Å². The average molecular weight is 677 g/mol. The number of aliphatic imine (C=N–C) groups is 1. The number of guanidine groups is 1. The Balaban J connectivity index is 1.18. The third kappa shape index (κ3) is 8.30. The van der Waals surface area contributed by atoms with Gasteiger partial charge in [0.25, 0.3) is 0 Å². The minimum absolute atomic E-state index is 0.0321. The Kier molecular flexibility index (Phi) is 10.6. The van der Waals surface area contributed by atoms with Crippen molar-refractivity contribution in [3.8, 4) is 23.3 Å². The Morgan fingerprint density at radius 2 is 1.86 bits per heavy atom. The second-order valence-corrected chi connectivity index (χ2v) is 15.9. The van der Waals surface area contributed by atoms with Gasteiger partial charge in [0.05, 0.1) is 18.2 Å². The zero-order valence-corrected chi connectivity index (χ0v) is 29.1. The summed E-state index contributed by atoms with van der Waals surface area (Å²) in [6.45, 7) is 9.85. The fraction of sp³-hybridized carbons (Fsp3) is 0.737. The van der Waals surface area contributed by atoms with Gasteiger partial charge in [0, 0.05) is 65.0 Å². The molecule has 11 heteroatoms. The molecule has 8 rings (SSSR count). The van der Waals surface area contributed by atoms with Crippen molar-refractivity contribution in [2.75, 3.05) is 59.0 Å². The Morgan fingerprint density at radius 3 is 2.63 bits per heavy atom. The van der Waals surface area contributed by atoms with Crippen LogP contribution in [0.4, 0.5) is 0 Å². The molecule has 4 fully saturated rings. The summed E-state index contributed by atoms with van der Waals surface area (Å²) >= 11 is 0. The van der Waals surface area contributed by atoms with E-state index in [4.69, 9.17) is 20.2 Å². The van der Waals surface area contributed by atoms with Crippen LogP contribution in [0.2, 0.25) is 0 Å². The highest BCUT2D eigenvalue weighted by Crippen LogP contribution is 2.47. The maximum atomic E-state index is 12.4. The minimum atomic E-state index is -0.627. The fourth-order valence-corrected chi connectivity index (χ4v) is 9.84. The average Bonchev–Trinajstić information content (AvgIpc) is 3.08. The van der Waals surface area contributed by atoms with Gasteiger partial charge in [-0.1, -0.05) is 12.0 Å². The summed E-state index contributed by atoms with van der Waals surface area (Å²) in [5.41, 5.74) is 7.10. The largest absolute Gasteiger partial charge is 0.504 e. The van der Waals surface area contributed by atoms with Gasteiger partial charge >= 0.3 is 5.97 Å². The molecule has 49 heavy (non-hydrogen) atoms. The molecule has 2 unspecified atom stereocenters. The van der Waals surface area contributed by atoms with Crippen molar-refractivity contribution < 1.29 is 24.5 Å². The van der Waals surface area contributed by atoms with Crippen LogP contribution in [-0.2, 0) is 16.0 Å². The number of nitrogens with two attached hydrogens (primary N) is 1. The van der Waals surface area contributed by atoms with Crippen molar-refractivity contribution in [2.24, 2.45) is 45.7 Å². The molecule has 0 radical (unpaired) electrons. The number of aromatic hydroxyl groups is 1. The maximum absolute atomic E-state index is 12.4. The third-order valence-electron chi connectivity index (χ3n) is 12.2. The molecule has 1 spiro atoms. The van der Waals surface area contributed by atoms with Gasteiger partial charge in [0.15, 0.2) is 17.5 Å². The molecule has 5 heterocycles. The van der Waals surface area contributed by atoms with Crippen LogP contribution in [-0.4, -0.2) is 109 Å². The van der Waals surface area contributed by atoms with E-state index in [0.29, 0.717) is 61.9 Å². The number of nitrogens with zero attached hydrogens (tertiary/aromatic N) is 3. The monoisotopic (exact) mass is 676 g/mol. The summed E-state index contributed by atoms with van der Waals surface area (Å²) in [5, 5.41) is 29.4. The Labute approximate surface area is 291 Å². The van der Waals surface area contributed by atoms with Crippen molar-refractivity contribution >= 4 is 11.9 Å². The van der Waals surface area contributed by atoms with Gasteiger partial charge in [0.1, 0.15) is 12.2 Å². The number of rotatable bonds is 5. The lowest BCUT2D eigenvalue weighted by Crippen LogP contribution is -2.55. The van der Waals surface area contributed by atoms with E-state index in [1.165, 1.54) is 13.3 Å². The number of piperidine rings is 3. The lowest BCUT2D eigenvalue weighted by Gasteiger charge is -2.50. The number of fused-ring (bicyclic) bond motifs is 4. The predicted molar refractivity (Wildman–Crippen MR) is 188 cm³/mol. The van der Waals surface area contributed by atoms with E-state index in [1.807, 2.05) is 12.1 Å². The van der Waals surface area contributed by atoms with Crippen LogP contribution in [0, 0.1) is 46.8 Å². The quantitative estimate of drug-likeness (QED) is 0.233. The number of benzene rings is 1. The van der Waals surface area contributed by atoms with Crippen LogP contribution in [0.1, 0.15) is 63.9 Å². The number of hydrogen-bond donors (Lipinski definition) is 5. The molecule has 0 amide bonds. The number of aliphatic hydroxyl groups is 1. The van der Waals surface area contributed by atoms with Gasteiger partial charge in [-0.2, -0.15) is 0 Å². The van der Waals surface area contributed by atoms with Crippen LogP contribution in [0.5, 0.6) is 11.5 Å². The van der Waals surface area contributed by atoms with Crippen LogP contribution in [0.25, 0.3) is 0 Å². The van der Waals surface area contributed by atoms with E-state index in [-0.39, 0.29) is 35.1 Å². The third-order valence-corrected chi connectivity index (χ3v) is 12.2. The van der Waals surface area contributed by atoms with Gasteiger partial charge in [0.2, 0.25) is 0 Å². The molecule has 3 saturated heterocycles. The zero-order valence-electron chi connectivity index (χ0n) is 29.1. The van der Waals surface area contributed by atoms with Crippen LogP contribution < -0.4 is 21.1 Å². The van der Waals surface area contributed by atoms with Crippen molar-refractivity contribution in [3.05, 3.63) is 23.8 Å². The van der Waals surface area contributed by atoms with Crippen molar-refractivity contribution in [2.45, 2.75) is 83.0 Å². The first-order chi connectivity index (χ1) is 23.7. The molecular weight excluding hydrogens is 620 g/mol. The van der Waals surface area contributed by atoms with E-state index >= 15 is 0 Å².